The van der Waals surface area contributed by atoms with Crippen LogP contribution in [0.25, 0.3) is 150 Å². The van der Waals surface area contributed by atoms with Crippen LogP contribution in [-0.2, 0) is 20.1 Å². The second-order valence-electron chi connectivity index (χ2n) is 21.2. The number of rotatable bonds is 12. The van der Waals surface area contributed by atoms with Crippen molar-refractivity contribution >= 4 is 21.8 Å². The summed E-state index contributed by atoms with van der Waals surface area (Å²) in [6.45, 7) is 0. The fourth-order valence-electron chi connectivity index (χ4n) is 12.0. The van der Waals surface area contributed by atoms with Crippen molar-refractivity contribution in [3.05, 3.63) is 328 Å². The normalized spacial score (nSPS) is 11.2. The van der Waals surface area contributed by atoms with Gasteiger partial charge in [0, 0.05) is 49.0 Å². The molecule has 0 atom stereocenters. The van der Waals surface area contributed by atoms with Gasteiger partial charge in [-0.25, -0.2) is 11.1 Å². The van der Waals surface area contributed by atoms with Crippen molar-refractivity contribution in [1.82, 2.24) is 19.5 Å². The van der Waals surface area contributed by atoms with Crippen LogP contribution in [-0.4, -0.2) is 19.5 Å². The molecule has 0 aliphatic heterocycles. The molecular formula is C81H50IrN4-4. The maximum atomic E-state index is 5.22. The van der Waals surface area contributed by atoms with Crippen molar-refractivity contribution in [2.45, 2.75) is 0 Å². The predicted octanol–water partition coefficient (Wildman–Crippen LogP) is 20.5. The first-order valence-electron chi connectivity index (χ1n) is 28.5. The van der Waals surface area contributed by atoms with Crippen LogP contribution >= 0.6 is 0 Å². The van der Waals surface area contributed by atoms with Gasteiger partial charge in [-0.2, -0.15) is 18.2 Å². The van der Waals surface area contributed by atoms with Crippen LogP contribution in [0.2, 0.25) is 0 Å². The van der Waals surface area contributed by atoms with E-state index in [4.69, 9.17) is 4.98 Å². The molecule has 0 aliphatic rings. The van der Waals surface area contributed by atoms with Crippen LogP contribution in [0, 0.1) is 24.4 Å². The van der Waals surface area contributed by atoms with Gasteiger partial charge < -0.3 is 19.5 Å². The van der Waals surface area contributed by atoms with Gasteiger partial charge in [-0.15, -0.1) is 77.4 Å². The van der Waals surface area contributed by atoms with Crippen LogP contribution < -0.4 is 0 Å². The van der Waals surface area contributed by atoms with Crippen molar-refractivity contribution < 1.29 is 20.1 Å². The Morgan fingerprint density at radius 1 is 0.279 bits per heavy atom. The molecule has 0 unspecified atom stereocenters. The van der Waals surface area contributed by atoms with E-state index in [-0.39, 0.29) is 20.1 Å². The summed E-state index contributed by atoms with van der Waals surface area (Å²) in [6, 6.07) is 112. The summed E-state index contributed by atoms with van der Waals surface area (Å²) in [6.07, 6.45) is 8.71. The van der Waals surface area contributed by atoms with Crippen LogP contribution in [0.15, 0.2) is 304 Å². The van der Waals surface area contributed by atoms with Crippen LogP contribution in [0.4, 0.5) is 0 Å². The number of benzene rings is 11. The van der Waals surface area contributed by atoms with E-state index in [2.05, 4.69) is 294 Å². The first-order valence-corrected chi connectivity index (χ1v) is 28.5. The summed E-state index contributed by atoms with van der Waals surface area (Å²) in [7, 11) is 0. The minimum absolute atomic E-state index is 0. The zero-order valence-corrected chi connectivity index (χ0v) is 48.9. The number of nitrogens with zero attached hydrogens (tertiary/aromatic N) is 4. The molecule has 0 aliphatic carbocycles. The Balaban J connectivity index is 0.00000653. The molecule has 0 saturated carbocycles. The second kappa shape index (κ2) is 23.5. The number of para-hydroxylation sites is 2. The summed E-state index contributed by atoms with van der Waals surface area (Å²) >= 11 is 0. The van der Waals surface area contributed by atoms with E-state index in [0.717, 1.165) is 139 Å². The van der Waals surface area contributed by atoms with E-state index in [0.29, 0.717) is 0 Å². The molecule has 86 heavy (non-hydrogen) atoms. The summed E-state index contributed by atoms with van der Waals surface area (Å²) in [5.41, 5.74) is 26.3. The molecule has 0 N–H and O–H groups in total. The third kappa shape index (κ3) is 10.3. The van der Waals surface area contributed by atoms with Gasteiger partial charge in [-0.3, -0.25) is 0 Å². The third-order valence-corrected chi connectivity index (χ3v) is 16.1. The van der Waals surface area contributed by atoms with Crippen molar-refractivity contribution in [3.63, 3.8) is 0 Å². The Kier molecular flexibility index (Phi) is 14.6. The van der Waals surface area contributed by atoms with Crippen molar-refractivity contribution in [1.29, 1.82) is 0 Å². The van der Waals surface area contributed by atoms with Crippen molar-refractivity contribution in [3.8, 4) is 128 Å². The Morgan fingerprint density at radius 2 is 0.814 bits per heavy atom. The number of aromatic nitrogens is 4. The second-order valence-corrected chi connectivity index (χ2v) is 21.2. The molecule has 11 aromatic carbocycles. The monoisotopic (exact) mass is 1270 g/mol. The quantitative estimate of drug-likeness (QED) is 0.115. The fraction of sp³-hybridized carbons (Fsp3) is 0. The molecule has 0 amide bonds. The standard InChI is InChI=1S/C81H50N4.Ir/c1-3-18-55(19-4-1)56-32-38-60(39-33-56)76-51-62(79-52-77-75-29-13-14-31-80(75)85(81(77)54-84-79)67-21-5-2-6-22-67)44-45-74(76)73-28-12-11-27-72(73)66-49-64(70-25-9-7-23-68(70)58-36-34-57(35-37-58)63-20-17-46-82-53-63)48-65(50-66)71-26-10-8-24-69(71)59-40-42-61(43-41-59)78-30-15-16-47-83-78;/h1-34,36-42,45-52,54H;/q-4;. The largest absolute Gasteiger partial charge is 0.371 e. The molecule has 0 spiro atoms. The minimum Gasteiger partial charge on any atom is -0.371 e. The van der Waals surface area contributed by atoms with E-state index < -0.39 is 0 Å². The summed E-state index contributed by atoms with van der Waals surface area (Å²) in [5.74, 6) is 0. The van der Waals surface area contributed by atoms with Crippen LogP contribution in [0.3, 0.4) is 0 Å². The molecule has 4 heterocycles. The maximum Gasteiger partial charge on any atom is 0.0707 e. The SMILES string of the molecule is [Ir].[c-]1ncccc1-c1[c-]cc(-c2ccccc2-c2cc(-c3ccccc3-c3c[c-]c(-c4ccccn4)cc3)cc(-c3ccccc3-c3c[c-]c(-c4cc5c6ccccc6n(-c6ccccc6)c5cn4)cc3-c3ccc(-c4ccccc4)cc3)c2)cc1. The fourth-order valence-corrected chi connectivity index (χ4v) is 12.0. The number of fused-ring (bicyclic) bond motifs is 3. The van der Waals surface area contributed by atoms with Gasteiger partial charge in [-0.05, 0) is 104 Å². The molecule has 0 bridgehead atoms. The molecule has 1 radical (unpaired) electrons. The average molecular weight is 1270 g/mol. The molecule has 4 aromatic heterocycles. The van der Waals surface area contributed by atoms with Crippen molar-refractivity contribution in [2.24, 2.45) is 0 Å². The summed E-state index contributed by atoms with van der Waals surface area (Å²) < 4.78 is 2.31. The number of hydrogen-bond acceptors (Lipinski definition) is 3. The zero-order valence-electron chi connectivity index (χ0n) is 46.5. The topological polar surface area (TPSA) is 43.6 Å². The van der Waals surface area contributed by atoms with Crippen LogP contribution in [0.5, 0.6) is 0 Å². The molecule has 4 nitrogen and oxygen atoms in total. The van der Waals surface area contributed by atoms with E-state index in [1.165, 1.54) is 10.9 Å². The number of hydrogen-bond donors (Lipinski definition) is 0. The predicted molar refractivity (Wildman–Crippen MR) is 349 cm³/mol. The molecule has 407 valence electrons. The minimum atomic E-state index is 0. The summed E-state index contributed by atoms with van der Waals surface area (Å²) in [5, 5.41) is 2.31. The van der Waals surface area contributed by atoms with E-state index >= 15 is 0 Å². The Morgan fingerprint density at radius 3 is 1.43 bits per heavy atom. The Hall–Kier alpha value is -10.7. The molecule has 15 rings (SSSR count). The Bertz CT molecular complexity index is 4740. The first kappa shape index (κ1) is 53.3. The third-order valence-electron chi connectivity index (χ3n) is 16.1. The smallest absolute Gasteiger partial charge is 0.0707 e. The van der Waals surface area contributed by atoms with Gasteiger partial charge in [0.15, 0.2) is 0 Å². The van der Waals surface area contributed by atoms with E-state index in [1.54, 1.807) is 6.20 Å². The number of pyridine rings is 3. The zero-order chi connectivity index (χ0) is 56.5. The van der Waals surface area contributed by atoms with Gasteiger partial charge in [0.05, 0.1) is 11.0 Å². The van der Waals surface area contributed by atoms with Gasteiger partial charge in [-0.1, -0.05) is 228 Å². The van der Waals surface area contributed by atoms with Gasteiger partial charge in [0.1, 0.15) is 0 Å². The van der Waals surface area contributed by atoms with Gasteiger partial charge in [0.2, 0.25) is 0 Å². The Labute approximate surface area is 514 Å². The van der Waals surface area contributed by atoms with E-state index in [1.807, 2.05) is 42.7 Å². The molecular weight excluding hydrogens is 1220 g/mol. The average Bonchev–Trinajstić information content (AvgIpc) is 2.19. The van der Waals surface area contributed by atoms with E-state index in [9.17, 15) is 0 Å². The molecule has 0 saturated heterocycles. The first-order chi connectivity index (χ1) is 42.1. The van der Waals surface area contributed by atoms with Crippen molar-refractivity contribution in [2.75, 3.05) is 0 Å². The van der Waals surface area contributed by atoms with Gasteiger partial charge in [0.25, 0.3) is 0 Å². The molecule has 5 heteroatoms. The maximum absolute atomic E-state index is 5.22. The van der Waals surface area contributed by atoms with Crippen LogP contribution in [0.1, 0.15) is 0 Å². The van der Waals surface area contributed by atoms with Gasteiger partial charge >= 0.3 is 0 Å². The molecule has 15 aromatic rings. The summed E-state index contributed by atoms with van der Waals surface area (Å²) in [4.78, 5) is 14.1. The molecule has 0 fully saturated rings.